The van der Waals surface area contributed by atoms with Crippen molar-refractivity contribution in [1.29, 1.82) is 0 Å². The lowest BCUT2D eigenvalue weighted by molar-refractivity contribution is 0.0926. The third kappa shape index (κ3) is 2.33. The Morgan fingerprint density at radius 2 is 2.44 bits per heavy atom. The van der Waals surface area contributed by atoms with E-state index in [1.165, 1.54) is 13.0 Å². The monoisotopic (exact) mass is 129 g/mol. The molecule has 0 bridgehead atoms. The predicted octanol–water partition coefficient (Wildman–Crippen LogP) is 0.775. The molecule has 0 spiro atoms. The van der Waals surface area contributed by atoms with Gasteiger partial charge in [0.15, 0.2) is 0 Å². The zero-order chi connectivity index (χ0) is 6.53. The quantitative estimate of drug-likeness (QED) is 0.566. The van der Waals surface area contributed by atoms with Crippen LogP contribution in [0.1, 0.15) is 19.8 Å². The lowest BCUT2D eigenvalue weighted by atomic mass is 10.1. The Labute approximate surface area is 56.6 Å². The number of ether oxygens (including phenoxy) is 1. The van der Waals surface area contributed by atoms with Crippen molar-refractivity contribution >= 4 is 0 Å². The maximum Gasteiger partial charge on any atom is 0.0620 e. The van der Waals surface area contributed by atoms with Crippen LogP contribution in [0.15, 0.2) is 0 Å². The summed E-state index contributed by atoms with van der Waals surface area (Å²) >= 11 is 0. The summed E-state index contributed by atoms with van der Waals surface area (Å²) < 4.78 is 5.32. The van der Waals surface area contributed by atoms with Gasteiger partial charge in [-0.3, -0.25) is 0 Å². The SMILES string of the molecule is CCCOC[C@H]1CCN1. The summed E-state index contributed by atoms with van der Waals surface area (Å²) in [5, 5.41) is 3.28. The predicted molar refractivity (Wildman–Crippen MR) is 37.5 cm³/mol. The van der Waals surface area contributed by atoms with Crippen molar-refractivity contribution in [1.82, 2.24) is 5.32 Å². The van der Waals surface area contributed by atoms with E-state index in [1.54, 1.807) is 0 Å². The van der Waals surface area contributed by atoms with Crippen LogP contribution in [0.4, 0.5) is 0 Å². The van der Waals surface area contributed by atoms with E-state index in [9.17, 15) is 0 Å². The molecular weight excluding hydrogens is 114 g/mol. The Bertz CT molecular complexity index is 71.3. The molecule has 2 nitrogen and oxygen atoms in total. The van der Waals surface area contributed by atoms with Gasteiger partial charge < -0.3 is 10.1 Å². The second kappa shape index (κ2) is 3.85. The Morgan fingerprint density at radius 3 is 2.89 bits per heavy atom. The van der Waals surface area contributed by atoms with Gasteiger partial charge in [-0.05, 0) is 19.4 Å². The van der Waals surface area contributed by atoms with Crippen molar-refractivity contribution in [3.05, 3.63) is 0 Å². The molecular formula is C7H15NO. The highest BCUT2D eigenvalue weighted by Crippen LogP contribution is 2.01. The van der Waals surface area contributed by atoms with Gasteiger partial charge in [0, 0.05) is 12.6 Å². The minimum absolute atomic E-state index is 0.663. The molecule has 0 radical (unpaired) electrons. The van der Waals surface area contributed by atoms with E-state index in [0.29, 0.717) is 6.04 Å². The normalized spacial score (nSPS) is 25.7. The van der Waals surface area contributed by atoms with Gasteiger partial charge >= 0.3 is 0 Å². The van der Waals surface area contributed by atoms with E-state index < -0.39 is 0 Å². The number of rotatable bonds is 4. The van der Waals surface area contributed by atoms with E-state index in [-0.39, 0.29) is 0 Å². The highest BCUT2D eigenvalue weighted by atomic mass is 16.5. The minimum Gasteiger partial charge on any atom is -0.380 e. The molecule has 54 valence electrons. The zero-order valence-corrected chi connectivity index (χ0v) is 6.02. The van der Waals surface area contributed by atoms with Gasteiger partial charge in [-0.25, -0.2) is 0 Å². The standard InChI is InChI=1S/C7H15NO/c1-2-5-9-6-7-3-4-8-7/h7-8H,2-6H2,1H3/t7-/m1/s1. The van der Waals surface area contributed by atoms with Crippen LogP contribution in [-0.2, 0) is 4.74 Å². The first-order valence-electron chi connectivity index (χ1n) is 3.74. The van der Waals surface area contributed by atoms with Crippen LogP contribution in [0.3, 0.4) is 0 Å². The molecule has 0 aromatic rings. The molecule has 1 rings (SSSR count). The summed E-state index contributed by atoms with van der Waals surface area (Å²) in [6.45, 7) is 5.14. The minimum atomic E-state index is 0.663. The third-order valence-electron chi connectivity index (χ3n) is 1.59. The van der Waals surface area contributed by atoms with Crippen LogP contribution >= 0.6 is 0 Å². The zero-order valence-electron chi connectivity index (χ0n) is 6.02. The molecule has 1 fully saturated rings. The molecule has 0 amide bonds. The van der Waals surface area contributed by atoms with Crippen LogP contribution < -0.4 is 5.32 Å². The number of hydrogen-bond acceptors (Lipinski definition) is 2. The fourth-order valence-electron chi connectivity index (χ4n) is 0.861. The highest BCUT2D eigenvalue weighted by Gasteiger charge is 2.15. The van der Waals surface area contributed by atoms with Crippen LogP contribution in [0.25, 0.3) is 0 Å². The van der Waals surface area contributed by atoms with Crippen LogP contribution in [-0.4, -0.2) is 25.8 Å². The average molecular weight is 129 g/mol. The van der Waals surface area contributed by atoms with Crippen LogP contribution in [0.2, 0.25) is 0 Å². The molecule has 1 N–H and O–H groups in total. The first kappa shape index (κ1) is 7.03. The van der Waals surface area contributed by atoms with Crippen LogP contribution in [0, 0.1) is 0 Å². The van der Waals surface area contributed by atoms with Crippen molar-refractivity contribution in [3.8, 4) is 0 Å². The molecule has 0 unspecified atom stereocenters. The Hall–Kier alpha value is -0.0800. The van der Waals surface area contributed by atoms with E-state index >= 15 is 0 Å². The summed E-state index contributed by atoms with van der Waals surface area (Å²) in [7, 11) is 0. The molecule has 1 aliphatic rings. The van der Waals surface area contributed by atoms with E-state index in [2.05, 4.69) is 12.2 Å². The molecule has 1 aliphatic heterocycles. The second-order valence-electron chi connectivity index (χ2n) is 2.51. The van der Waals surface area contributed by atoms with Gasteiger partial charge in [-0.2, -0.15) is 0 Å². The van der Waals surface area contributed by atoms with E-state index in [4.69, 9.17) is 4.74 Å². The molecule has 0 aromatic heterocycles. The largest absolute Gasteiger partial charge is 0.380 e. The molecule has 0 saturated carbocycles. The topological polar surface area (TPSA) is 21.3 Å². The Morgan fingerprint density at radius 1 is 1.67 bits per heavy atom. The van der Waals surface area contributed by atoms with Gasteiger partial charge in [0.05, 0.1) is 6.61 Å². The number of nitrogens with one attached hydrogen (secondary N) is 1. The lowest BCUT2D eigenvalue weighted by Crippen LogP contribution is -2.45. The molecule has 1 heterocycles. The van der Waals surface area contributed by atoms with Crippen LogP contribution in [0.5, 0.6) is 0 Å². The molecule has 9 heavy (non-hydrogen) atoms. The Balaban J connectivity index is 1.80. The summed E-state index contributed by atoms with van der Waals surface area (Å²) in [4.78, 5) is 0. The van der Waals surface area contributed by atoms with Crippen molar-refractivity contribution < 1.29 is 4.74 Å². The first-order chi connectivity index (χ1) is 4.43. The molecule has 1 atom stereocenters. The molecule has 2 heteroatoms. The lowest BCUT2D eigenvalue weighted by Gasteiger charge is -2.26. The van der Waals surface area contributed by atoms with Crippen molar-refractivity contribution in [3.63, 3.8) is 0 Å². The van der Waals surface area contributed by atoms with Gasteiger partial charge in [-0.15, -0.1) is 0 Å². The van der Waals surface area contributed by atoms with E-state index in [0.717, 1.165) is 19.6 Å². The van der Waals surface area contributed by atoms with Crippen molar-refractivity contribution in [2.75, 3.05) is 19.8 Å². The Kier molecular flexibility index (Phi) is 3.01. The fraction of sp³-hybridized carbons (Fsp3) is 1.00. The average Bonchev–Trinajstić information content (AvgIpc) is 1.76. The van der Waals surface area contributed by atoms with Crippen molar-refractivity contribution in [2.45, 2.75) is 25.8 Å². The summed E-state index contributed by atoms with van der Waals surface area (Å²) in [5.74, 6) is 0. The molecule has 0 aliphatic carbocycles. The molecule has 0 aromatic carbocycles. The van der Waals surface area contributed by atoms with Gasteiger partial charge in [0.25, 0.3) is 0 Å². The maximum atomic E-state index is 5.32. The molecule has 1 saturated heterocycles. The third-order valence-corrected chi connectivity index (χ3v) is 1.59. The first-order valence-corrected chi connectivity index (χ1v) is 3.74. The summed E-state index contributed by atoms with van der Waals surface area (Å²) in [6.07, 6.45) is 2.43. The maximum absolute atomic E-state index is 5.32. The fourth-order valence-corrected chi connectivity index (χ4v) is 0.861. The number of hydrogen-bond donors (Lipinski definition) is 1. The van der Waals surface area contributed by atoms with Crippen molar-refractivity contribution in [2.24, 2.45) is 0 Å². The summed E-state index contributed by atoms with van der Waals surface area (Å²) in [5.41, 5.74) is 0. The second-order valence-corrected chi connectivity index (χ2v) is 2.51. The summed E-state index contributed by atoms with van der Waals surface area (Å²) in [6, 6.07) is 0.663. The van der Waals surface area contributed by atoms with Gasteiger partial charge in [0.1, 0.15) is 0 Å². The van der Waals surface area contributed by atoms with Gasteiger partial charge in [-0.1, -0.05) is 6.92 Å². The van der Waals surface area contributed by atoms with E-state index in [1.807, 2.05) is 0 Å². The highest BCUT2D eigenvalue weighted by molar-refractivity contribution is 4.76. The smallest absolute Gasteiger partial charge is 0.0620 e. The van der Waals surface area contributed by atoms with Gasteiger partial charge in [0.2, 0.25) is 0 Å².